The van der Waals surface area contributed by atoms with Crippen molar-refractivity contribution in [2.24, 2.45) is 0 Å². The molecule has 14 heavy (non-hydrogen) atoms. The summed E-state index contributed by atoms with van der Waals surface area (Å²) < 4.78 is 10.4. The van der Waals surface area contributed by atoms with Crippen molar-refractivity contribution in [2.45, 2.75) is 6.92 Å². The molecule has 0 N–H and O–H groups in total. The zero-order valence-electron chi connectivity index (χ0n) is 7.83. The molecule has 0 fully saturated rings. The predicted molar refractivity (Wildman–Crippen MR) is 54.0 cm³/mol. The van der Waals surface area contributed by atoms with Crippen LogP contribution in [0.2, 0.25) is 0 Å². The lowest BCUT2D eigenvalue weighted by Crippen LogP contribution is -2.05. The van der Waals surface area contributed by atoms with Crippen molar-refractivity contribution in [1.29, 1.82) is 0 Å². The van der Waals surface area contributed by atoms with E-state index in [2.05, 4.69) is 0 Å². The molecule has 1 rings (SSSR count). The van der Waals surface area contributed by atoms with E-state index in [1.165, 1.54) is 0 Å². The third-order valence-corrected chi connectivity index (χ3v) is 1.60. The van der Waals surface area contributed by atoms with Gasteiger partial charge in [-0.05, 0) is 30.7 Å². The highest BCUT2D eigenvalue weighted by molar-refractivity contribution is 6.63. The number of para-hydroxylation sites is 2. The minimum absolute atomic E-state index is 0.147. The summed E-state index contributed by atoms with van der Waals surface area (Å²) in [5.74, 6) is 1.15. The summed E-state index contributed by atoms with van der Waals surface area (Å²) in [5, 5.41) is -0.531. The molecule has 3 nitrogen and oxygen atoms in total. The minimum Gasteiger partial charge on any atom is -0.490 e. The van der Waals surface area contributed by atoms with Crippen molar-refractivity contribution >= 4 is 16.8 Å². The molecule has 0 aliphatic heterocycles. The molecule has 0 saturated carbocycles. The Hall–Kier alpha value is -1.22. The highest BCUT2D eigenvalue weighted by Crippen LogP contribution is 2.26. The largest absolute Gasteiger partial charge is 0.490 e. The van der Waals surface area contributed by atoms with E-state index in [1.54, 1.807) is 18.2 Å². The maximum atomic E-state index is 10.5. The first-order valence-corrected chi connectivity index (χ1v) is 4.64. The van der Waals surface area contributed by atoms with Crippen molar-refractivity contribution < 1.29 is 14.3 Å². The Morgan fingerprint density at radius 2 is 1.86 bits per heavy atom. The topological polar surface area (TPSA) is 35.5 Å². The van der Waals surface area contributed by atoms with Crippen LogP contribution in [0, 0.1) is 0 Å². The molecule has 1 aromatic rings. The van der Waals surface area contributed by atoms with Gasteiger partial charge in [-0.25, -0.2) is 0 Å². The van der Waals surface area contributed by atoms with Crippen LogP contribution in [0.5, 0.6) is 11.5 Å². The summed E-state index contributed by atoms with van der Waals surface area (Å²) in [6, 6.07) is 7.14. The van der Waals surface area contributed by atoms with Crippen molar-refractivity contribution in [3.05, 3.63) is 24.3 Å². The molecule has 0 aliphatic carbocycles. The summed E-state index contributed by atoms with van der Waals surface area (Å²) in [4.78, 5) is 10.5. The number of benzene rings is 1. The smallest absolute Gasteiger partial charge is 0.259 e. The maximum absolute atomic E-state index is 10.5. The number of ether oxygens (including phenoxy) is 2. The maximum Gasteiger partial charge on any atom is 0.259 e. The highest BCUT2D eigenvalue weighted by Gasteiger charge is 2.04. The molecule has 76 valence electrons. The summed E-state index contributed by atoms with van der Waals surface area (Å²) in [6.07, 6.45) is 0. The average Bonchev–Trinajstić information content (AvgIpc) is 2.17. The fourth-order valence-electron chi connectivity index (χ4n) is 0.979. The van der Waals surface area contributed by atoms with Gasteiger partial charge in [0.25, 0.3) is 5.24 Å². The van der Waals surface area contributed by atoms with E-state index >= 15 is 0 Å². The molecule has 0 aliphatic rings. The highest BCUT2D eigenvalue weighted by atomic mass is 35.5. The van der Waals surface area contributed by atoms with Crippen LogP contribution in [0.4, 0.5) is 0 Å². The second-order valence-electron chi connectivity index (χ2n) is 2.52. The summed E-state index contributed by atoms with van der Waals surface area (Å²) in [6.45, 7) is 2.28. The Morgan fingerprint density at radius 1 is 1.29 bits per heavy atom. The van der Waals surface area contributed by atoms with Crippen molar-refractivity contribution in [1.82, 2.24) is 0 Å². The van der Waals surface area contributed by atoms with Crippen molar-refractivity contribution in [2.75, 3.05) is 13.2 Å². The summed E-state index contributed by atoms with van der Waals surface area (Å²) >= 11 is 5.15. The zero-order chi connectivity index (χ0) is 10.4. The zero-order valence-corrected chi connectivity index (χ0v) is 8.58. The van der Waals surface area contributed by atoms with E-state index in [4.69, 9.17) is 21.1 Å². The molecule has 0 saturated heterocycles. The van der Waals surface area contributed by atoms with Gasteiger partial charge < -0.3 is 9.47 Å². The van der Waals surface area contributed by atoms with Crippen LogP contribution in [-0.2, 0) is 4.79 Å². The molecule has 0 unspecified atom stereocenters. The third kappa shape index (κ3) is 3.26. The van der Waals surface area contributed by atoms with Gasteiger partial charge >= 0.3 is 0 Å². The van der Waals surface area contributed by atoms with E-state index in [1.807, 2.05) is 13.0 Å². The van der Waals surface area contributed by atoms with Gasteiger partial charge in [0.05, 0.1) is 6.61 Å². The molecule has 4 heteroatoms. The standard InChI is InChI=1S/C10H11ClO3/c1-2-13-8-5-3-4-6-9(8)14-7-10(11)12/h3-6H,2,7H2,1H3. The van der Waals surface area contributed by atoms with Gasteiger partial charge in [-0.1, -0.05) is 12.1 Å². The molecule has 0 heterocycles. The third-order valence-electron chi connectivity index (χ3n) is 1.49. The number of carbonyl (C=O) groups is 1. The van der Waals surface area contributed by atoms with Gasteiger partial charge in [0.1, 0.15) is 0 Å². The molecule has 0 radical (unpaired) electrons. The second-order valence-corrected chi connectivity index (χ2v) is 2.95. The molecule has 0 amide bonds. The van der Waals surface area contributed by atoms with Crippen LogP contribution in [0.25, 0.3) is 0 Å². The molecular weight excluding hydrogens is 204 g/mol. The van der Waals surface area contributed by atoms with E-state index in [0.29, 0.717) is 18.1 Å². The summed E-state index contributed by atoms with van der Waals surface area (Å²) in [7, 11) is 0. The normalized spacial score (nSPS) is 9.57. The quantitative estimate of drug-likeness (QED) is 0.706. The lowest BCUT2D eigenvalue weighted by molar-refractivity contribution is -0.113. The SMILES string of the molecule is CCOc1ccccc1OCC(=O)Cl. The van der Waals surface area contributed by atoms with Crippen molar-refractivity contribution in [3.63, 3.8) is 0 Å². The van der Waals surface area contributed by atoms with E-state index in [0.717, 1.165) is 0 Å². The Morgan fingerprint density at radius 3 is 2.36 bits per heavy atom. The lowest BCUT2D eigenvalue weighted by atomic mass is 10.3. The Kier molecular flexibility index (Phi) is 4.26. The van der Waals surface area contributed by atoms with Crippen molar-refractivity contribution in [3.8, 4) is 11.5 Å². The number of hydrogen-bond acceptors (Lipinski definition) is 3. The van der Waals surface area contributed by atoms with E-state index in [9.17, 15) is 4.79 Å². The predicted octanol–water partition coefficient (Wildman–Crippen LogP) is 2.23. The molecular formula is C10H11ClO3. The fraction of sp³-hybridized carbons (Fsp3) is 0.300. The van der Waals surface area contributed by atoms with Gasteiger partial charge in [-0.15, -0.1) is 0 Å². The Labute approximate surface area is 87.6 Å². The summed E-state index contributed by atoms with van der Waals surface area (Å²) in [5.41, 5.74) is 0. The Balaban J connectivity index is 2.68. The van der Waals surface area contributed by atoms with Gasteiger partial charge in [-0.2, -0.15) is 0 Å². The lowest BCUT2D eigenvalue weighted by Gasteiger charge is -2.09. The first kappa shape index (κ1) is 10.9. The van der Waals surface area contributed by atoms with Crippen LogP contribution >= 0.6 is 11.6 Å². The van der Waals surface area contributed by atoms with Crippen LogP contribution in [0.15, 0.2) is 24.3 Å². The van der Waals surface area contributed by atoms with Crippen LogP contribution in [-0.4, -0.2) is 18.5 Å². The van der Waals surface area contributed by atoms with Crippen LogP contribution in [0.3, 0.4) is 0 Å². The average molecular weight is 215 g/mol. The number of carbonyl (C=O) groups excluding carboxylic acids is 1. The van der Waals surface area contributed by atoms with Gasteiger partial charge in [0, 0.05) is 0 Å². The fourth-order valence-corrected chi connectivity index (χ4v) is 1.03. The molecule has 0 spiro atoms. The minimum atomic E-state index is -0.531. The van der Waals surface area contributed by atoms with Gasteiger partial charge in [0.15, 0.2) is 18.1 Å². The number of rotatable bonds is 5. The van der Waals surface area contributed by atoms with Gasteiger partial charge in [-0.3, -0.25) is 4.79 Å². The Bertz CT molecular complexity index is 312. The monoisotopic (exact) mass is 214 g/mol. The van der Waals surface area contributed by atoms with E-state index < -0.39 is 5.24 Å². The molecule has 1 aromatic carbocycles. The number of halogens is 1. The van der Waals surface area contributed by atoms with Crippen LogP contribution in [0.1, 0.15) is 6.92 Å². The van der Waals surface area contributed by atoms with Crippen LogP contribution < -0.4 is 9.47 Å². The molecule has 0 bridgehead atoms. The second kappa shape index (κ2) is 5.50. The molecule has 0 aromatic heterocycles. The first-order valence-electron chi connectivity index (χ1n) is 4.27. The van der Waals surface area contributed by atoms with E-state index in [-0.39, 0.29) is 6.61 Å². The number of hydrogen-bond donors (Lipinski definition) is 0. The van der Waals surface area contributed by atoms with Gasteiger partial charge in [0.2, 0.25) is 0 Å². The molecule has 0 atom stereocenters. The first-order chi connectivity index (χ1) is 6.74.